The molecule has 0 bridgehead atoms. The molecule has 1 fully saturated rings. The lowest BCUT2D eigenvalue weighted by Crippen LogP contribution is -2.38. The lowest BCUT2D eigenvalue weighted by atomic mass is 10.2. The van der Waals surface area contributed by atoms with E-state index >= 15 is 0 Å². The highest BCUT2D eigenvalue weighted by atomic mass is 32.2. The van der Waals surface area contributed by atoms with Gasteiger partial charge in [-0.05, 0) is 24.1 Å². The van der Waals surface area contributed by atoms with Crippen molar-refractivity contribution in [1.82, 2.24) is 9.21 Å². The molecule has 0 spiro atoms. The van der Waals surface area contributed by atoms with Crippen LogP contribution in [-0.2, 0) is 21.4 Å². The van der Waals surface area contributed by atoms with Gasteiger partial charge in [0.05, 0.1) is 12.3 Å². The van der Waals surface area contributed by atoms with E-state index in [1.54, 1.807) is 0 Å². The first-order chi connectivity index (χ1) is 10.2. The van der Waals surface area contributed by atoms with Gasteiger partial charge in [0.25, 0.3) is 0 Å². The Kier molecular flexibility index (Phi) is 4.76. The van der Waals surface area contributed by atoms with Crippen LogP contribution < -0.4 is 0 Å². The molecule has 0 unspecified atom stereocenters. The van der Waals surface area contributed by atoms with Crippen molar-refractivity contribution < 1.29 is 26.4 Å². The molecule has 5 nitrogen and oxygen atoms in total. The summed E-state index contributed by atoms with van der Waals surface area (Å²) in [7, 11) is -2.01. The van der Waals surface area contributed by atoms with Crippen LogP contribution >= 0.6 is 0 Å². The van der Waals surface area contributed by atoms with Crippen LogP contribution in [0.15, 0.2) is 12.1 Å². The van der Waals surface area contributed by atoms with E-state index in [-0.39, 0.29) is 31.0 Å². The molecule has 0 aromatic heterocycles. The van der Waals surface area contributed by atoms with Crippen molar-refractivity contribution in [3.05, 3.63) is 35.1 Å². The van der Waals surface area contributed by atoms with Gasteiger partial charge in [-0.2, -0.15) is 4.31 Å². The number of rotatable bonds is 4. The maximum atomic E-state index is 13.1. The van der Waals surface area contributed by atoms with E-state index in [2.05, 4.69) is 0 Å². The Bertz CT molecular complexity index is 671. The molecule has 0 aliphatic carbocycles. The van der Waals surface area contributed by atoms with Crippen molar-refractivity contribution in [2.45, 2.75) is 13.0 Å². The van der Waals surface area contributed by atoms with Crippen LogP contribution in [0.25, 0.3) is 0 Å². The molecule has 122 valence electrons. The third-order valence-electron chi connectivity index (χ3n) is 3.40. The second-order valence-corrected chi connectivity index (χ2v) is 7.21. The topological polar surface area (TPSA) is 57.7 Å². The molecule has 2 rings (SSSR count). The van der Waals surface area contributed by atoms with Crippen LogP contribution in [0.1, 0.15) is 12.0 Å². The van der Waals surface area contributed by atoms with E-state index < -0.39 is 33.4 Å². The zero-order valence-corrected chi connectivity index (χ0v) is 12.7. The molecule has 1 aromatic carbocycles. The molecule has 1 amide bonds. The highest BCUT2D eigenvalue weighted by molar-refractivity contribution is 7.89. The van der Waals surface area contributed by atoms with Gasteiger partial charge in [0, 0.05) is 20.1 Å². The smallest absolute Gasteiger partial charge is 0.237 e. The number of benzene rings is 1. The van der Waals surface area contributed by atoms with Crippen LogP contribution in [0.2, 0.25) is 0 Å². The minimum absolute atomic E-state index is 0.0123. The summed E-state index contributed by atoms with van der Waals surface area (Å²) in [5.74, 6) is -4.73. The zero-order valence-electron chi connectivity index (χ0n) is 11.9. The number of likely N-dealkylation sites (N-methyl/N-ethyl adjacent to an activating group) is 1. The van der Waals surface area contributed by atoms with Crippen molar-refractivity contribution in [3.63, 3.8) is 0 Å². The fourth-order valence-corrected chi connectivity index (χ4v) is 3.67. The van der Waals surface area contributed by atoms with Crippen molar-refractivity contribution >= 4 is 15.9 Å². The molecule has 22 heavy (non-hydrogen) atoms. The zero-order chi connectivity index (χ0) is 16.5. The van der Waals surface area contributed by atoms with E-state index in [1.807, 2.05) is 0 Å². The summed E-state index contributed by atoms with van der Waals surface area (Å²) in [5, 5.41) is 0. The Morgan fingerprint density at radius 3 is 2.36 bits per heavy atom. The Balaban J connectivity index is 2.03. The number of carbonyl (C=O) groups is 1. The Hall–Kier alpha value is -1.61. The monoisotopic (exact) mass is 336 g/mol. The summed E-state index contributed by atoms with van der Waals surface area (Å²) in [6.07, 6.45) is 0.466. The number of carbonyl (C=O) groups excluding carboxylic acids is 1. The molecule has 1 aliphatic heterocycles. The Labute approximate surface area is 126 Å². The van der Waals surface area contributed by atoms with Gasteiger partial charge in [-0.1, -0.05) is 0 Å². The standard InChI is InChI=1S/C13H15F3N2O3S/c1-17(7-9-5-10(14)13(16)11(15)6-9)12(19)8-18-3-2-4-22(18,20)21/h5-6H,2-4,7-8H2,1H3. The van der Waals surface area contributed by atoms with Gasteiger partial charge in [0.1, 0.15) is 0 Å². The van der Waals surface area contributed by atoms with Gasteiger partial charge >= 0.3 is 0 Å². The van der Waals surface area contributed by atoms with Crippen LogP contribution in [-0.4, -0.2) is 49.4 Å². The normalized spacial score (nSPS) is 17.6. The van der Waals surface area contributed by atoms with Gasteiger partial charge in [0.2, 0.25) is 15.9 Å². The van der Waals surface area contributed by atoms with Gasteiger partial charge in [-0.15, -0.1) is 0 Å². The third-order valence-corrected chi connectivity index (χ3v) is 5.31. The van der Waals surface area contributed by atoms with Crippen molar-refractivity contribution in [1.29, 1.82) is 0 Å². The lowest BCUT2D eigenvalue weighted by Gasteiger charge is -2.21. The molecule has 0 radical (unpaired) electrons. The van der Waals surface area contributed by atoms with Crippen LogP contribution in [0, 0.1) is 17.5 Å². The molecule has 0 saturated carbocycles. The molecule has 1 aromatic rings. The number of hydrogen-bond donors (Lipinski definition) is 0. The first-order valence-electron chi connectivity index (χ1n) is 6.56. The maximum absolute atomic E-state index is 13.1. The predicted octanol–water partition coefficient (Wildman–Crippen LogP) is 1.10. The Morgan fingerprint density at radius 1 is 1.27 bits per heavy atom. The second kappa shape index (κ2) is 6.25. The van der Waals surface area contributed by atoms with Crippen LogP contribution in [0.4, 0.5) is 13.2 Å². The lowest BCUT2D eigenvalue weighted by molar-refractivity contribution is -0.130. The molecular formula is C13H15F3N2O3S. The van der Waals surface area contributed by atoms with Gasteiger partial charge in [0.15, 0.2) is 17.5 Å². The summed E-state index contributed by atoms with van der Waals surface area (Å²) in [4.78, 5) is 13.1. The third kappa shape index (κ3) is 3.58. The van der Waals surface area contributed by atoms with E-state index in [1.165, 1.54) is 7.05 Å². The molecule has 0 atom stereocenters. The van der Waals surface area contributed by atoms with Crippen molar-refractivity contribution in [3.8, 4) is 0 Å². The van der Waals surface area contributed by atoms with E-state index in [0.717, 1.165) is 21.3 Å². The number of halogens is 3. The SMILES string of the molecule is CN(Cc1cc(F)c(F)c(F)c1)C(=O)CN1CCCS1(=O)=O. The molecule has 1 aliphatic rings. The number of hydrogen-bond acceptors (Lipinski definition) is 3. The largest absolute Gasteiger partial charge is 0.340 e. The minimum atomic E-state index is -3.39. The first-order valence-corrected chi connectivity index (χ1v) is 8.17. The molecule has 9 heteroatoms. The van der Waals surface area contributed by atoms with Gasteiger partial charge in [-0.3, -0.25) is 4.79 Å². The summed E-state index contributed by atoms with van der Waals surface area (Å²) in [5.41, 5.74) is 0.0801. The number of amides is 1. The molecular weight excluding hydrogens is 321 g/mol. The van der Waals surface area contributed by atoms with Crippen LogP contribution in [0.3, 0.4) is 0 Å². The van der Waals surface area contributed by atoms with Gasteiger partial charge in [-0.25, -0.2) is 21.6 Å². The van der Waals surface area contributed by atoms with Crippen LogP contribution in [0.5, 0.6) is 0 Å². The molecule has 1 saturated heterocycles. The van der Waals surface area contributed by atoms with E-state index in [9.17, 15) is 26.4 Å². The Morgan fingerprint density at radius 2 is 1.86 bits per heavy atom. The predicted molar refractivity (Wildman–Crippen MR) is 72.8 cm³/mol. The highest BCUT2D eigenvalue weighted by Crippen LogP contribution is 2.16. The fourth-order valence-electron chi connectivity index (χ4n) is 2.20. The van der Waals surface area contributed by atoms with E-state index in [4.69, 9.17) is 0 Å². The first kappa shape index (κ1) is 16.8. The quantitative estimate of drug-likeness (QED) is 0.774. The van der Waals surface area contributed by atoms with Gasteiger partial charge < -0.3 is 4.90 Å². The average molecular weight is 336 g/mol. The summed E-state index contributed by atoms with van der Waals surface area (Å²) in [6, 6.07) is 1.60. The van der Waals surface area contributed by atoms with Crippen molar-refractivity contribution in [2.75, 3.05) is 25.9 Å². The summed E-state index contributed by atoms with van der Waals surface area (Å²) >= 11 is 0. The van der Waals surface area contributed by atoms with Crippen molar-refractivity contribution in [2.24, 2.45) is 0 Å². The summed E-state index contributed by atoms with van der Waals surface area (Å²) in [6.45, 7) is -0.187. The minimum Gasteiger partial charge on any atom is -0.340 e. The molecule has 0 N–H and O–H groups in total. The fraction of sp³-hybridized carbons (Fsp3) is 0.462. The van der Waals surface area contributed by atoms with E-state index in [0.29, 0.717) is 6.42 Å². The molecule has 1 heterocycles. The average Bonchev–Trinajstić information content (AvgIpc) is 2.75. The number of nitrogens with zero attached hydrogens (tertiary/aromatic N) is 2. The second-order valence-electron chi connectivity index (χ2n) is 5.13. The number of sulfonamides is 1. The summed E-state index contributed by atoms with van der Waals surface area (Å²) < 4.78 is 63.4. The highest BCUT2D eigenvalue weighted by Gasteiger charge is 2.30. The maximum Gasteiger partial charge on any atom is 0.237 e.